The molecule has 114 valence electrons. The van der Waals surface area contributed by atoms with E-state index in [0.29, 0.717) is 0 Å². The van der Waals surface area contributed by atoms with Crippen LogP contribution in [-0.4, -0.2) is 28.8 Å². The summed E-state index contributed by atoms with van der Waals surface area (Å²) in [5, 5.41) is 11.5. The number of nitrogens with one attached hydrogen (secondary N) is 1. The second-order valence-corrected chi connectivity index (χ2v) is 6.00. The highest BCUT2D eigenvalue weighted by molar-refractivity contribution is 5.91. The lowest BCUT2D eigenvalue weighted by atomic mass is 9.87. The van der Waals surface area contributed by atoms with E-state index < -0.39 is 23.3 Å². The number of benzene rings is 1. The SMILES string of the molecule is CC(C)(C)C(=O)CC(NC(=O)Cc1ccccc1)C(=O)O. The average Bonchev–Trinajstić information content (AvgIpc) is 2.37. The monoisotopic (exact) mass is 291 g/mol. The number of amides is 1. The molecule has 0 spiro atoms. The molecule has 0 heterocycles. The van der Waals surface area contributed by atoms with Crippen molar-refractivity contribution in [2.75, 3.05) is 0 Å². The molecule has 0 aliphatic heterocycles. The van der Waals surface area contributed by atoms with Gasteiger partial charge >= 0.3 is 5.97 Å². The Morgan fingerprint density at radius 1 is 1.14 bits per heavy atom. The van der Waals surface area contributed by atoms with Gasteiger partial charge in [-0.3, -0.25) is 9.59 Å². The Hall–Kier alpha value is -2.17. The number of rotatable bonds is 6. The highest BCUT2D eigenvalue weighted by Gasteiger charge is 2.29. The predicted molar refractivity (Wildman–Crippen MR) is 78.8 cm³/mol. The van der Waals surface area contributed by atoms with Crippen molar-refractivity contribution in [1.82, 2.24) is 5.32 Å². The first-order chi connectivity index (χ1) is 9.70. The van der Waals surface area contributed by atoms with Gasteiger partial charge in [-0.1, -0.05) is 51.1 Å². The molecule has 21 heavy (non-hydrogen) atoms. The standard InChI is InChI=1S/C16H21NO4/c1-16(2,3)13(18)10-12(15(20)21)17-14(19)9-11-7-5-4-6-8-11/h4-8,12H,9-10H2,1-3H3,(H,17,19)(H,20,21). The van der Waals surface area contributed by atoms with Crippen LogP contribution in [0.15, 0.2) is 30.3 Å². The Kier molecular flexibility index (Phi) is 5.64. The quantitative estimate of drug-likeness (QED) is 0.837. The summed E-state index contributed by atoms with van der Waals surface area (Å²) >= 11 is 0. The zero-order valence-corrected chi connectivity index (χ0v) is 12.6. The summed E-state index contributed by atoms with van der Waals surface area (Å²) in [6.07, 6.45) is -0.117. The van der Waals surface area contributed by atoms with Crippen LogP contribution in [0.5, 0.6) is 0 Å². The van der Waals surface area contributed by atoms with Crippen LogP contribution in [0.2, 0.25) is 0 Å². The molecule has 0 radical (unpaired) electrons. The molecule has 0 aliphatic rings. The summed E-state index contributed by atoms with van der Waals surface area (Å²) in [6.45, 7) is 5.17. The zero-order valence-electron chi connectivity index (χ0n) is 12.6. The maximum absolute atomic E-state index is 11.9. The molecule has 5 nitrogen and oxygen atoms in total. The number of hydrogen-bond acceptors (Lipinski definition) is 3. The van der Waals surface area contributed by atoms with E-state index in [-0.39, 0.29) is 18.6 Å². The Balaban J connectivity index is 2.64. The fourth-order valence-electron chi connectivity index (χ4n) is 1.72. The minimum absolute atomic E-state index is 0.0916. The molecular weight excluding hydrogens is 270 g/mol. The van der Waals surface area contributed by atoms with Gasteiger partial charge in [0.1, 0.15) is 11.8 Å². The molecular formula is C16H21NO4. The zero-order chi connectivity index (χ0) is 16.0. The first-order valence-corrected chi connectivity index (χ1v) is 6.79. The smallest absolute Gasteiger partial charge is 0.326 e. The molecule has 0 fully saturated rings. The number of carboxylic acid groups (broad SMARTS) is 1. The Morgan fingerprint density at radius 2 is 1.71 bits per heavy atom. The van der Waals surface area contributed by atoms with Gasteiger partial charge in [0.25, 0.3) is 0 Å². The number of carboxylic acids is 1. The van der Waals surface area contributed by atoms with Crippen molar-refractivity contribution in [2.45, 2.75) is 39.7 Å². The molecule has 0 aromatic heterocycles. The minimum atomic E-state index is -1.20. The van der Waals surface area contributed by atoms with E-state index in [1.807, 2.05) is 6.07 Å². The number of aliphatic carboxylic acids is 1. The van der Waals surface area contributed by atoms with Gasteiger partial charge in [-0.15, -0.1) is 0 Å². The van der Waals surface area contributed by atoms with Crippen LogP contribution in [-0.2, 0) is 20.8 Å². The molecule has 1 amide bonds. The van der Waals surface area contributed by atoms with Crippen molar-refractivity contribution >= 4 is 17.7 Å². The lowest BCUT2D eigenvalue weighted by Crippen LogP contribution is -2.44. The molecule has 0 aliphatic carbocycles. The van der Waals surface area contributed by atoms with E-state index in [1.165, 1.54) is 0 Å². The molecule has 1 aromatic carbocycles. The van der Waals surface area contributed by atoms with Crippen molar-refractivity contribution in [2.24, 2.45) is 5.41 Å². The molecule has 5 heteroatoms. The fraction of sp³-hybridized carbons (Fsp3) is 0.438. The van der Waals surface area contributed by atoms with E-state index in [0.717, 1.165) is 5.56 Å². The van der Waals surface area contributed by atoms with Gasteiger partial charge in [0.05, 0.1) is 6.42 Å². The Bertz CT molecular complexity index is 517. The molecule has 0 saturated heterocycles. The largest absolute Gasteiger partial charge is 0.480 e. The second kappa shape index (κ2) is 7.02. The lowest BCUT2D eigenvalue weighted by Gasteiger charge is -2.20. The third kappa shape index (κ3) is 5.77. The van der Waals surface area contributed by atoms with Crippen molar-refractivity contribution in [3.8, 4) is 0 Å². The van der Waals surface area contributed by atoms with E-state index in [9.17, 15) is 14.4 Å². The number of Topliss-reactive ketones (excluding diaryl/α,β-unsaturated/α-hetero) is 1. The van der Waals surface area contributed by atoms with Crippen LogP contribution in [0, 0.1) is 5.41 Å². The number of carbonyl (C=O) groups is 3. The van der Waals surface area contributed by atoms with Gasteiger partial charge in [-0.25, -0.2) is 4.79 Å². The minimum Gasteiger partial charge on any atom is -0.480 e. The molecule has 2 N–H and O–H groups in total. The molecule has 1 aromatic rings. The number of carbonyl (C=O) groups excluding carboxylic acids is 2. The van der Waals surface area contributed by atoms with Crippen LogP contribution in [0.3, 0.4) is 0 Å². The van der Waals surface area contributed by atoms with Gasteiger partial charge in [-0.2, -0.15) is 0 Å². The summed E-state index contributed by atoms with van der Waals surface area (Å²) < 4.78 is 0. The molecule has 1 atom stereocenters. The normalized spacial score (nSPS) is 12.5. The van der Waals surface area contributed by atoms with Crippen molar-refractivity contribution < 1.29 is 19.5 Å². The van der Waals surface area contributed by atoms with Gasteiger partial charge in [0.2, 0.25) is 5.91 Å². The number of hydrogen-bond donors (Lipinski definition) is 2. The van der Waals surface area contributed by atoms with E-state index in [4.69, 9.17) is 5.11 Å². The van der Waals surface area contributed by atoms with Gasteiger partial charge < -0.3 is 10.4 Å². The summed E-state index contributed by atoms with van der Waals surface area (Å²) in [6, 6.07) is 7.84. The van der Waals surface area contributed by atoms with Crippen molar-refractivity contribution in [1.29, 1.82) is 0 Å². The molecule has 0 bridgehead atoms. The van der Waals surface area contributed by atoms with Crippen LogP contribution in [0.1, 0.15) is 32.8 Å². The molecule has 0 saturated carbocycles. The van der Waals surface area contributed by atoms with Crippen molar-refractivity contribution in [3.05, 3.63) is 35.9 Å². The van der Waals surface area contributed by atoms with Crippen LogP contribution in [0.4, 0.5) is 0 Å². The lowest BCUT2D eigenvalue weighted by molar-refractivity contribution is -0.144. The van der Waals surface area contributed by atoms with Crippen LogP contribution >= 0.6 is 0 Å². The Labute approximate surface area is 124 Å². The first kappa shape index (κ1) is 16.9. The summed E-state index contributed by atoms with van der Waals surface area (Å²) in [7, 11) is 0. The van der Waals surface area contributed by atoms with Crippen LogP contribution < -0.4 is 5.32 Å². The van der Waals surface area contributed by atoms with Crippen LogP contribution in [0.25, 0.3) is 0 Å². The maximum Gasteiger partial charge on any atom is 0.326 e. The second-order valence-electron chi connectivity index (χ2n) is 6.00. The summed E-state index contributed by atoms with van der Waals surface area (Å²) in [5.74, 6) is -1.81. The summed E-state index contributed by atoms with van der Waals surface area (Å²) in [4.78, 5) is 35.0. The Morgan fingerprint density at radius 3 is 2.19 bits per heavy atom. The topological polar surface area (TPSA) is 83.5 Å². The fourth-order valence-corrected chi connectivity index (χ4v) is 1.72. The van der Waals surface area contributed by atoms with Crippen molar-refractivity contribution in [3.63, 3.8) is 0 Å². The average molecular weight is 291 g/mol. The molecule has 1 unspecified atom stereocenters. The highest BCUT2D eigenvalue weighted by Crippen LogP contribution is 2.18. The first-order valence-electron chi connectivity index (χ1n) is 6.79. The van der Waals surface area contributed by atoms with Gasteiger partial charge in [-0.05, 0) is 5.56 Å². The van der Waals surface area contributed by atoms with E-state index in [1.54, 1.807) is 45.0 Å². The number of ketones is 1. The highest BCUT2D eigenvalue weighted by atomic mass is 16.4. The molecule has 1 rings (SSSR count). The van der Waals surface area contributed by atoms with E-state index in [2.05, 4.69) is 5.32 Å². The van der Waals surface area contributed by atoms with E-state index >= 15 is 0 Å². The van der Waals surface area contributed by atoms with Gasteiger partial charge in [0, 0.05) is 11.8 Å². The third-order valence-corrected chi connectivity index (χ3v) is 3.07. The van der Waals surface area contributed by atoms with Gasteiger partial charge in [0.15, 0.2) is 0 Å². The third-order valence-electron chi connectivity index (χ3n) is 3.07. The maximum atomic E-state index is 11.9. The summed E-state index contributed by atoms with van der Waals surface area (Å²) in [5.41, 5.74) is 0.166. The predicted octanol–water partition coefficient (Wildman–Crippen LogP) is 1.80.